The summed E-state index contributed by atoms with van der Waals surface area (Å²) >= 11 is 0. The maximum Gasteiger partial charge on any atom is 0.255 e. The molecule has 19 heavy (non-hydrogen) atoms. The van der Waals surface area contributed by atoms with E-state index in [-0.39, 0.29) is 5.56 Å². The lowest BCUT2D eigenvalue weighted by molar-refractivity contribution is 0.774. The summed E-state index contributed by atoms with van der Waals surface area (Å²) in [5.41, 5.74) is 8.63. The molecule has 0 radical (unpaired) electrons. The van der Waals surface area contributed by atoms with Crippen LogP contribution in [0.1, 0.15) is 42.1 Å². The Morgan fingerprint density at radius 3 is 3.00 bits per heavy atom. The predicted octanol–water partition coefficient (Wildman–Crippen LogP) is 0.904. The normalized spacial score (nSPS) is 17.7. The van der Waals surface area contributed by atoms with E-state index in [4.69, 9.17) is 5.73 Å². The lowest BCUT2D eigenvalue weighted by Crippen LogP contribution is -2.19. The summed E-state index contributed by atoms with van der Waals surface area (Å²) in [7, 11) is 0. The summed E-state index contributed by atoms with van der Waals surface area (Å²) < 4.78 is 1.55. The van der Waals surface area contributed by atoms with E-state index in [1.807, 2.05) is 6.07 Å². The molecule has 2 aromatic rings. The van der Waals surface area contributed by atoms with Gasteiger partial charge in [0.05, 0.1) is 11.4 Å². The number of hydrogen-bond donors (Lipinski definition) is 2. The number of nitrogen functional groups attached to an aromatic ring is 1. The highest BCUT2D eigenvalue weighted by Crippen LogP contribution is 2.39. The molecule has 0 aliphatic heterocycles. The van der Waals surface area contributed by atoms with Gasteiger partial charge < -0.3 is 5.73 Å². The van der Waals surface area contributed by atoms with Crippen molar-refractivity contribution in [1.29, 1.82) is 0 Å². The quantitative estimate of drug-likeness (QED) is 0.836. The van der Waals surface area contributed by atoms with E-state index < -0.39 is 0 Å². The summed E-state index contributed by atoms with van der Waals surface area (Å²) in [6, 6.07) is 1.88. The van der Waals surface area contributed by atoms with Gasteiger partial charge in [-0.15, -0.1) is 0 Å². The van der Waals surface area contributed by atoms with Crippen LogP contribution < -0.4 is 11.3 Å². The van der Waals surface area contributed by atoms with Crippen LogP contribution in [-0.4, -0.2) is 19.7 Å². The molecule has 0 atom stereocenters. The lowest BCUT2D eigenvalue weighted by Gasteiger charge is -2.05. The van der Waals surface area contributed by atoms with Crippen molar-refractivity contribution in [1.82, 2.24) is 19.7 Å². The Morgan fingerprint density at radius 2 is 2.21 bits per heavy atom. The fourth-order valence-electron chi connectivity index (χ4n) is 2.69. The van der Waals surface area contributed by atoms with Gasteiger partial charge in [0.15, 0.2) is 0 Å². The van der Waals surface area contributed by atoms with Crippen LogP contribution in [0.15, 0.2) is 10.9 Å². The molecule has 1 saturated carbocycles. The van der Waals surface area contributed by atoms with E-state index in [0.717, 1.165) is 36.2 Å². The number of aromatic nitrogens is 4. The minimum atomic E-state index is -0.0552. The molecule has 2 aliphatic rings. The zero-order chi connectivity index (χ0) is 13.0. The molecule has 0 spiro atoms. The van der Waals surface area contributed by atoms with Crippen molar-refractivity contribution >= 4 is 5.82 Å². The number of aryl methyl sites for hydroxylation is 1. The van der Waals surface area contributed by atoms with Gasteiger partial charge in [0.2, 0.25) is 5.95 Å². The average molecular weight is 257 g/mol. The monoisotopic (exact) mass is 257 g/mol. The topological polar surface area (TPSA) is 89.6 Å². The van der Waals surface area contributed by atoms with Crippen molar-refractivity contribution < 1.29 is 0 Å². The highest BCUT2D eigenvalue weighted by Gasteiger charge is 2.27. The maximum atomic E-state index is 12.0. The van der Waals surface area contributed by atoms with E-state index in [1.54, 1.807) is 4.68 Å². The van der Waals surface area contributed by atoms with E-state index in [9.17, 15) is 4.79 Å². The summed E-state index contributed by atoms with van der Waals surface area (Å²) in [6.07, 6.45) is 5.02. The first kappa shape index (κ1) is 10.8. The highest BCUT2D eigenvalue weighted by atomic mass is 16.1. The maximum absolute atomic E-state index is 12.0. The molecule has 3 N–H and O–H groups in total. The van der Waals surface area contributed by atoms with Gasteiger partial charge in [-0.1, -0.05) is 0 Å². The van der Waals surface area contributed by atoms with E-state index in [1.165, 1.54) is 12.8 Å². The lowest BCUT2D eigenvalue weighted by atomic mass is 10.3. The molecule has 98 valence electrons. The number of H-pyrrole nitrogens is 1. The molecule has 6 heteroatoms. The Balaban J connectivity index is 1.84. The number of aromatic amines is 1. The zero-order valence-corrected chi connectivity index (χ0v) is 10.5. The molecule has 4 rings (SSSR count). The first-order chi connectivity index (χ1) is 9.22. The van der Waals surface area contributed by atoms with Gasteiger partial charge >= 0.3 is 0 Å². The molecule has 0 bridgehead atoms. The van der Waals surface area contributed by atoms with Crippen molar-refractivity contribution in [2.75, 3.05) is 5.73 Å². The third-order valence-electron chi connectivity index (χ3n) is 3.88. The van der Waals surface area contributed by atoms with Crippen LogP contribution in [0, 0.1) is 0 Å². The number of nitrogens with two attached hydrogens (primary N) is 1. The number of nitrogens with one attached hydrogen (secondary N) is 1. The van der Waals surface area contributed by atoms with Crippen LogP contribution >= 0.6 is 0 Å². The van der Waals surface area contributed by atoms with Crippen LogP contribution in [0.5, 0.6) is 0 Å². The average Bonchev–Trinajstić information content (AvgIpc) is 2.99. The fourth-order valence-corrected chi connectivity index (χ4v) is 2.69. The standard InChI is InChI=1S/C13H15N5O/c14-11-6-10(7-4-5-7)17-18(11)13-15-9-3-1-2-8(9)12(19)16-13/h6-7H,1-5,14H2,(H,15,16,19). The van der Waals surface area contributed by atoms with Gasteiger partial charge in [0, 0.05) is 17.5 Å². The van der Waals surface area contributed by atoms with E-state index >= 15 is 0 Å². The van der Waals surface area contributed by atoms with Gasteiger partial charge in [-0.05, 0) is 32.1 Å². The second-order valence-corrected chi connectivity index (χ2v) is 5.35. The van der Waals surface area contributed by atoms with Crippen LogP contribution in [0.3, 0.4) is 0 Å². The highest BCUT2D eigenvalue weighted by molar-refractivity contribution is 5.39. The summed E-state index contributed by atoms with van der Waals surface area (Å²) in [6.45, 7) is 0. The van der Waals surface area contributed by atoms with Gasteiger partial charge in [0.1, 0.15) is 5.82 Å². The minimum Gasteiger partial charge on any atom is -0.383 e. The second-order valence-electron chi connectivity index (χ2n) is 5.35. The zero-order valence-electron chi connectivity index (χ0n) is 10.5. The second kappa shape index (κ2) is 3.69. The third-order valence-corrected chi connectivity index (χ3v) is 3.88. The van der Waals surface area contributed by atoms with Gasteiger partial charge in [-0.3, -0.25) is 9.78 Å². The third kappa shape index (κ3) is 1.67. The molecular formula is C13H15N5O. The minimum absolute atomic E-state index is 0.0552. The van der Waals surface area contributed by atoms with Crippen LogP contribution in [0.25, 0.3) is 5.95 Å². The number of anilines is 1. The molecule has 1 fully saturated rings. The number of fused-ring (bicyclic) bond motifs is 1. The van der Waals surface area contributed by atoms with Crippen molar-refractivity contribution in [3.63, 3.8) is 0 Å². The van der Waals surface area contributed by atoms with Gasteiger partial charge in [0.25, 0.3) is 5.56 Å². The molecule has 0 unspecified atom stereocenters. The van der Waals surface area contributed by atoms with Crippen molar-refractivity contribution in [3.8, 4) is 5.95 Å². The van der Waals surface area contributed by atoms with Crippen LogP contribution in [-0.2, 0) is 12.8 Å². The van der Waals surface area contributed by atoms with Gasteiger partial charge in [-0.2, -0.15) is 9.78 Å². The number of rotatable bonds is 2. The first-order valence-corrected chi connectivity index (χ1v) is 6.70. The SMILES string of the molecule is Nc1cc(C2CC2)nn1-c1nc2c(c(=O)[nH]1)CCC2. The molecule has 2 aliphatic carbocycles. The Bertz CT molecular complexity index is 710. The summed E-state index contributed by atoms with van der Waals surface area (Å²) in [4.78, 5) is 19.3. The Labute approximate surface area is 109 Å². The molecule has 0 amide bonds. The molecule has 6 nitrogen and oxygen atoms in total. The smallest absolute Gasteiger partial charge is 0.255 e. The predicted molar refractivity (Wildman–Crippen MR) is 70.4 cm³/mol. The summed E-state index contributed by atoms with van der Waals surface area (Å²) in [5, 5.41) is 4.47. The Kier molecular flexibility index (Phi) is 2.09. The van der Waals surface area contributed by atoms with Crippen molar-refractivity contribution in [2.45, 2.75) is 38.0 Å². The summed E-state index contributed by atoms with van der Waals surface area (Å²) in [5.74, 6) is 1.50. The molecule has 2 heterocycles. The Hall–Kier alpha value is -2.11. The van der Waals surface area contributed by atoms with E-state index in [0.29, 0.717) is 17.7 Å². The number of nitrogens with zero attached hydrogens (tertiary/aromatic N) is 3. The van der Waals surface area contributed by atoms with Crippen molar-refractivity contribution in [2.24, 2.45) is 0 Å². The first-order valence-electron chi connectivity index (χ1n) is 6.70. The van der Waals surface area contributed by atoms with Gasteiger partial charge in [-0.25, -0.2) is 4.98 Å². The fraction of sp³-hybridized carbons (Fsp3) is 0.462. The molecule has 2 aromatic heterocycles. The van der Waals surface area contributed by atoms with Crippen LogP contribution in [0.2, 0.25) is 0 Å². The van der Waals surface area contributed by atoms with Crippen LogP contribution in [0.4, 0.5) is 5.82 Å². The largest absolute Gasteiger partial charge is 0.383 e. The Morgan fingerprint density at radius 1 is 1.37 bits per heavy atom. The number of hydrogen-bond acceptors (Lipinski definition) is 4. The molecular weight excluding hydrogens is 242 g/mol. The van der Waals surface area contributed by atoms with Crippen molar-refractivity contribution in [3.05, 3.63) is 33.4 Å². The van der Waals surface area contributed by atoms with E-state index in [2.05, 4.69) is 15.1 Å². The molecule has 0 aromatic carbocycles. The molecule has 0 saturated heterocycles.